The topological polar surface area (TPSA) is 26.0 Å². The van der Waals surface area contributed by atoms with E-state index in [1.54, 1.807) is 16.2 Å². The number of halogens is 1. The SMILES string of the molecule is NC(Cc1ccc(Cl)s1)c1cc2c(s1)CCC2. The highest BCUT2D eigenvalue weighted by Gasteiger charge is 2.18. The van der Waals surface area contributed by atoms with Crippen LogP contribution in [0.1, 0.15) is 32.7 Å². The van der Waals surface area contributed by atoms with Crippen molar-refractivity contribution in [2.24, 2.45) is 5.73 Å². The number of hydrogen-bond donors (Lipinski definition) is 1. The van der Waals surface area contributed by atoms with Crippen molar-refractivity contribution in [3.05, 3.63) is 42.7 Å². The van der Waals surface area contributed by atoms with Crippen LogP contribution in [-0.2, 0) is 19.3 Å². The maximum absolute atomic E-state index is 6.27. The van der Waals surface area contributed by atoms with Crippen LogP contribution in [0, 0.1) is 0 Å². The van der Waals surface area contributed by atoms with Crippen molar-refractivity contribution >= 4 is 34.3 Å². The van der Waals surface area contributed by atoms with E-state index >= 15 is 0 Å². The average Bonchev–Trinajstić information content (AvgIpc) is 2.92. The van der Waals surface area contributed by atoms with Crippen LogP contribution in [-0.4, -0.2) is 0 Å². The van der Waals surface area contributed by atoms with Gasteiger partial charge in [0.15, 0.2) is 0 Å². The van der Waals surface area contributed by atoms with Gasteiger partial charge in [-0.3, -0.25) is 0 Å². The van der Waals surface area contributed by atoms with Gasteiger partial charge < -0.3 is 5.73 Å². The van der Waals surface area contributed by atoms with Gasteiger partial charge in [-0.05, 0) is 43.0 Å². The van der Waals surface area contributed by atoms with Gasteiger partial charge in [-0.15, -0.1) is 22.7 Å². The van der Waals surface area contributed by atoms with Gasteiger partial charge >= 0.3 is 0 Å². The Bertz CT molecular complexity index is 508. The predicted octanol–water partition coefficient (Wildman–Crippen LogP) is 4.19. The lowest BCUT2D eigenvalue weighted by atomic mass is 10.1. The van der Waals surface area contributed by atoms with E-state index in [4.69, 9.17) is 17.3 Å². The van der Waals surface area contributed by atoms with E-state index in [0.29, 0.717) is 0 Å². The van der Waals surface area contributed by atoms with Crippen LogP contribution in [0.15, 0.2) is 18.2 Å². The van der Waals surface area contributed by atoms with E-state index in [0.717, 1.165) is 10.8 Å². The summed E-state index contributed by atoms with van der Waals surface area (Å²) in [5.41, 5.74) is 7.80. The summed E-state index contributed by atoms with van der Waals surface area (Å²) in [6, 6.07) is 6.46. The van der Waals surface area contributed by atoms with Crippen LogP contribution < -0.4 is 5.73 Å². The number of rotatable bonds is 3. The smallest absolute Gasteiger partial charge is 0.0931 e. The Morgan fingerprint density at radius 2 is 2.18 bits per heavy atom. The molecule has 2 heterocycles. The van der Waals surface area contributed by atoms with Gasteiger partial charge in [0, 0.05) is 27.1 Å². The fourth-order valence-corrected chi connectivity index (χ4v) is 4.72. The van der Waals surface area contributed by atoms with Crippen molar-refractivity contribution in [1.82, 2.24) is 0 Å². The standard InChI is InChI=1S/C13H14ClNS2/c14-13-5-4-9(16-13)7-10(15)12-6-8-2-1-3-11(8)17-12/h4-6,10H,1-3,7,15H2. The van der Waals surface area contributed by atoms with Gasteiger partial charge in [0.2, 0.25) is 0 Å². The molecule has 1 aliphatic rings. The van der Waals surface area contributed by atoms with E-state index in [1.807, 2.05) is 17.4 Å². The first kappa shape index (κ1) is 11.7. The number of fused-ring (bicyclic) bond motifs is 1. The number of thiophene rings is 2. The van der Waals surface area contributed by atoms with E-state index in [2.05, 4.69) is 12.1 Å². The van der Waals surface area contributed by atoms with Gasteiger partial charge in [0.1, 0.15) is 0 Å². The summed E-state index contributed by atoms with van der Waals surface area (Å²) in [6.45, 7) is 0. The highest BCUT2D eigenvalue weighted by Crippen LogP contribution is 2.35. The van der Waals surface area contributed by atoms with Crippen LogP contribution in [0.25, 0.3) is 0 Å². The maximum atomic E-state index is 6.27. The molecule has 0 saturated heterocycles. The molecule has 0 saturated carbocycles. The summed E-state index contributed by atoms with van der Waals surface area (Å²) in [4.78, 5) is 4.16. The number of hydrogen-bond acceptors (Lipinski definition) is 3. The molecule has 1 aliphatic carbocycles. The normalized spacial score (nSPS) is 16.1. The van der Waals surface area contributed by atoms with Crippen molar-refractivity contribution in [1.29, 1.82) is 0 Å². The summed E-state index contributed by atoms with van der Waals surface area (Å²) in [7, 11) is 0. The Balaban J connectivity index is 1.75. The van der Waals surface area contributed by atoms with Crippen LogP contribution in [0.5, 0.6) is 0 Å². The van der Waals surface area contributed by atoms with Crippen LogP contribution in [0.2, 0.25) is 4.34 Å². The Morgan fingerprint density at radius 3 is 2.88 bits per heavy atom. The minimum Gasteiger partial charge on any atom is -0.323 e. The zero-order valence-electron chi connectivity index (χ0n) is 9.41. The van der Waals surface area contributed by atoms with Gasteiger partial charge in [0.25, 0.3) is 0 Å². The lowest BCUT2D eigenvalue weighted by Gasteiger charge is -2.07. The van der Waals surface area contributed by atoms with Crippen molar-refractivity contribution in [2.75, 3.05) is 0 Å². The Morgan fingerprint density at radius 1 is 1.29 bits per heavy atom. The summed E-state index contributed by atoms with van der Waals surface area (Å²) >= 11 is 9.47. The first-order chi connectivity index (χ1) is 8.22. The minimum atomic E-state index is 0.125. The average molecular weight is 284 g/mol. The van der Waals surface area contributed by atoms with Crippen molar-refractivity contribution in [2.45, 2.75) is 31.7 Å². The molecule has 1 atom stereocenters. The molecular formula is C13H14ClNS2. The second-order valence-corrected chi connectivity index (χ2v) is 7.44. The summed E-state index contributed by atoms with van der Waals surface area (Å²) in [5.74, 6) is 0. The molecule has 1 nitrogen and oxygen atoms in total. The molecule has 2 N–H and O–H groups in total. The van der Waals surface area contributed by atoms with Crippen LogP contribution >= 0.6 is 34.3 Å². The lowest BCUT2D eigenvalue weighted by Crippen LogP contribution is -2.11. The molecular weight excluding hydrogens is 270 g/mol. The molecule has 0 amide bonds. The molecule has 3 rings (SSSR count). The molecule has 1 unspecified atom stereocenters. The molecule has 0 spiro atoms. The highest BCUT2D eigenvalue weighted by molar-refractivity contribution is 7.16. The van der Waals surface area contributed by atoms with Crippen molar-refractivity contribution in [3.63, 3.8) is 0 Å². The van der Waals surface area contributed by atoms with Gasteiger partial charge in [-0.25, -0.2) is 0 Å². The van der Waals surface area contributed by atoms with E-state index < -0.39 is 0 Å². The second kappa shape index (κ2) is 4.73. The zero-order chi connectivity index (χ0) is 11.8. The molecule has 4 heteroatoms. The lowest BCUT2D eigenvalue weighted by molar-refractivity contribution is 0.744. The first-order valence-electron chi connectivity index (χ1n) is 5.83. The fraction of sp³-hybridized carbons (Fsp3) is 0.385. The quantitative estimate of drug-likeness (QED) is 0.898. The molecule has 0 aliphatic heterocycles. The number of aryl methyl sites for hydroxylation is 2. The molecule has 2 aromatic heterocycles. The van der Waals surface area contributed by atoms with Gasteiger partial charge in [-0.2, -0.15) is 0 Å². The molecule has 0 fully saturated rings. The Kier molecular flexibility index (Phi) is 3.26. The molecule has 0 radical (unpaired) electrons. The Labute approximate surface area is 114 Å². The minimum absolute atomic E-state index is 0.125. The van der Waals surface area contributed by atoms with E-state index in [9.17, 15) is 0 Å². The van der Waals surface area contributed by atoms with Crippen molar-refractivity contribution in [3.8, 4) is 0 Å². The van der Waals surface area contributed by atoms with Gasteiger partial charge in [-0.1, -0.05) is 11.6 Å². The molecule has 0 aromatic carbocycles. The third-order valence-electron chi connectivity index (χ3n) is 3.18. The molecule has 0 bridgehead atoms. The monoisotopic (exact) mass is 283 g/mol. The second-order valence-electron chi connectivity index (χ2n) is 4.47. The molecule has 2 aromatic rings. The Hall–Kier alpha value is -0.350. The first-order valence-corrected chi connectivity index (χ1v) is 7.85. The van der Waals surface area contributed by atoms with Crippen LogP contribution in [0.3, 0.4) is 0 Å². The summed E-state index contributed by atoms with van der Waals surface area (Å²) in [5, 5.41) is 0. The van der Waals surface area contributed by atoms with Crippen molar-refractivity contribution < 1.29 is 0 Å². The largest absolute Gasteiger partial charge is 0.323 e. The van der Waals surface area contributed by atoms with Gasteiger partial charge in [0.05, 0.1) is 4.34 Å². The van der Waals surface area contributed by atoms with E-state index in [1.165, 1.54) is 34.6 Å². The number of nitrogens with two attached hydrogens (primary N) is 1. The zero-order valence-corrected chi connectivity index (χ0v) is 11.8. The highest BCUT2D eigenvalue weighted by atomic mass is 35.5. The summed E-state index contributed by atoms with van der Waals surface area (Å²) < 4.78 is 0.848. The molecule has 17 heavy (non-hydrogen) atoms. The van der Waals surface area contributed by atoms with Crippen LogP contribution in [0.4, 0.5) is 0 Å². The summed E-state index contributed by atoms with van der Waals surface area (Å²) in [6.07, 6.45) is 4.70. The fourth-order valence-electron chi connectivity index (χ4n) is 2.31. The molecule has 90 valence electrons. The maximum Gasteiger partial charge on any atom is 0.0931 e. The van der Waals surface area contributed by atoms with E-state index in [-0.39, 0.29) is 6.04 Å². The third kappa shape index (κ3) is 2.43. The predicted molar refractivity (Wildman–Crippen MR) is 76.3 cm³/mol. The third-order valence-corrected chi connectivity index (χ3v) is 5.80.